The Kier molecular flexibility index (Phi) is 8.97. The fourth-order valence-corrected chi connectivity index (χ4v) is 10.0. The van der Waals surface area contributed by atoms with Crippen LogP contribution in [-0.2, 0) is 33.3 Å². The van der Waals surface area contributed by atoms with Crippen molar-refractivity contribution in [2.45, 2.75) is 126 Å². The van der Waals surface area contributed by atoms with Gasteiger partial charge in [0.2, 0.25) is 11.8 Å². The molecule has 6 rings (SSSR count). The predicted octanol–water partition coefficient (Wildman–Crippen LogP) is 0.860. The van der Waals surface area contributed by atoms with Gasteiger partial charge in [0.15, 0.2) is 0 Å². The van der Waals surface area contributed by atoms with Crippen LogP contribution in [-0.4, -0.2) is 112 Å². The van der Waals surface area contributed by atoms with E-state index in [-0.39, 0.29) is 54.4 Å². The van der Waals surface area contributed by atoms with E-state index in [1.54, 1.807) is 28.4 Å². The zero-order valence-electron chi connectivity index (χ0n) is 25.5. The summed E-state index contributed by atoms with van der Waals surface area (Å²) >= 11 is 0. The highest BCUT2D eigenvalue weighted by Crippen LogP contribution is 2.53. The van der Waals surface area contributed by atoms with Gasteiger partial charge in [-0.3, -0.25) is 9.59 Å². The molecule has 14 atom stereocenters. The average Bonchev–Trinajstić information content (AvgIpc) is 3.33. The number of carbonyl (C=O) groups is 2. The highest BCUT2D eigenvalue weighted by Gasteiger charge is 2.66. The number of nitrogens with two attached hydrogens (primary N) is 1. The molecule has 3 aliphatic carbocycles. The van der Waals surface area contributed by atoms with E-state index in [2.05, 4.69) is 15.5 Å². The number of amides is 2. The van der Waals surface area contributed by atoms with Gasteiger partial charge in [-0.15, -0.1) is 0 Å². The number of piperidine rings is 2. The lowest BCUT2D eigenvalue weighted by Crippen LogP contribution is -2.99. The lowest BCUT2D eigenvalue weighted by molar-refractivity contribution is -0.713. The average molecular weight is 579 g/mol. The number of rotatable bonds is 8. The molecule has 3 saturated carbocycles. The first-order valence-corrected chi connectivity index (χ1v) is 16.1. The molecule has 41 heavy (non-hydrogen) atoms. The maximum atomic E-state index is 14.3. The second-order valence-electron chi connectivity index (χ2n) is 13.5. The molecular formula is C31H52N3O7+. The Morgan fingerprint density at radius 3 is 2.34 bits per heavy atom. The lowest BCUT2D eigenvalue weighted by Gasteiger charge is -2.53. The molecular weight excluding hydrogens is 526 g/mol. The van der Waals surface area contributed by atoms with Crippen LogP contribution >= 0.6 is 0 Å². The smallest absolute Gasteiger partial charge is 0.249 e. The van der Waals surface area contributed by atoms with Crippen molar-refractivity contribution in [2.75, 3.05) is 35.0 Å². The Morgan fingerprint density at radius 1 is 0.854 bits per heavy atom. The number of hydrogen-bond acceptors (Lipinski definition) is 7. The van der Waals surface area contributed by atoms with Crippen LogP contribution < -0.4 is 10.6 Å². The number of ether oxygens (including phenoxy) is 5. The largest absolute Gasteiger partial charge is 0.379 e. The topological polar surface area (TPSA) is 112 Å². The third-order valence-electron chi connectivity index (χ3n) is 11.8. The summed E-state index contributed by atoms with van der Waals surface area (Å²) in [6.45, 7) is 2.99. The molecule has 0 spiro atoms. The third kappa shape index (κ3) is 5.24. The molecule has 10 nitrogen and oxygen atoms in total. The van der Waals surface area contributed by atoms with E-state index in [0.717, 1.165) is 64.3 Å². The van der Waals surface area contributed by atoms with Gasteiger partial charge in [-0.1, -0.05) is 0 Å². The first-order valence-electron chi connectivity index (χ1n) is 16.1. The van der Waals surface area contributed by atoms with Gasteiger partial charge in [-0.2, -0.15) is 0 Å². The Labute approximate surface area is 244 Å². The molecule has 3 saturated heterocycles. The number of fused-ring (bicyclic) bond motifs is 5. The fourth-order valence-electron chi connectivity index (χ4n) is 10.0. The summed E-state index contributed by atoms with van der Waals surface area (Å²) in [6.07, 6.45) is 7.78. The van der Waals surface area contributed by atoms with E-state index in [0.29, 0.717) is 35.7 Å². The Morgan fingerprint density at radius 2 is 1.61 bits per heavy atom. The number of nitrogens with zero attached hydrogens (tertiary/aromatic N) is 1. The Hall–Kier alpha value is -1.30. The van der Waals surface area contributed by atoms with Crippen molar-refractivity contribution >= 4 is 11.8 Å². The molecule has 2 amide bonds. The van der Waals surface area contributed by atoms with Gasteiger partial charge >= 0.3 is 0 Å². The van der Waals surface area contributed by atoms with Crippen molar-refractivity contribution in [2.24, 2.45) is 23.7 Å². The van der Waals surface area contributed by atoms with Gasteiger partial charge in [0.25, 0.3) is 0 Å². The molecule has 0 bridgehead atoms. The summed E-state index contributed by atoms with van der Waals surface area (Å²) < 4.78 is 29.4. The van der Waals surface area contributed by atoms with Crippen LogP contribution in [0.5, 0.6) is 0 Å². The molecule has 3 heterocycles. The number of methoxy groups -OCH3 is 4. The second-order valence-corrected chi connectivity index (χ2v) is 13.5. The molecule has 0 aromatic heterocycles. The van der Waals surface area contributed by atoms with Gasteiger partial charge in [0.05, 0.1) is 49.0 Å². The van der Waals surface area contributed by atoms with Crippen molar-refractivity contribution in [3.05, 3.63) is 0 Å². The molecule has 10 heteroatoms. The molecule has 0 radical (unpaired) electrons. The number of quaternary nitrogens is 1. The van der Waals surface area contributed by atoms with Gasteiger partial charge in [-0.05, 0) is 70.1 Å². The van der Waals surface area contributed by atoms with E-state index in [1.807, 2.05) is 6.92 Å². The maximum absolute atomic E-state index is 14.3. The van der Waals surface area contributed by atoms with Crippen molar-refractivity contribution in [3.8, 4) is 0 Å². The molecule has 3 aliphatic heterocycles. The minimum atomic E-state index is -0.507. The van der Waals surface area contributed by atoms with Crippen LogP contribution in [0.15, 0.2) is 0 Å². The Balaban J connectivity index is 1.10. The van der Waals surface area contributed by atoms with E-state index in [4.69, 9.17) is 23.7 Å². The number of hydrogen-bond donors (Lipinski definition) is 2. The number of nitrogens with one attached hydrogen (secondary N) is 1. The zero-order valence-corrected chi connectivity index (χ0v) is 25.5. The summed E-state index contributed by atoms with van der Waals surface area (Å²) in [5.74, 6) is 1.41. The molecule has 0 aromatic rings. The van der Waals surface area contributed by atoms with Crippen LogP contribution in [0.4, 0.5) is 0 Å². The molecule has 6 aliphatic rings. The summed E-state index contributed by atoms with van der Waals surface area (Å²) in [6, 6.07) is 1.08. The van der Waals surface area contributed by atoms with Gasteiger partial charge in [-0.25, -0.2) is 0 Å². The van der Waals surface area contributed by atoms with Crippen LogP contribution in [0.3, 0.4) is 0 Å². The van der Waals surface area contributed by atoms with Gasteiger partial charge < -0.3 is 39.2 Å². The Bertz CT molecular complexity index is 953. The van der Waals surface area contributed by atoms with Crippen LogP contribution in [0, 0.1) is 23.7 Å². The standard InChI is InChI=1S/C31H51N3O7/c1-16(30(35)33-17-6-10-23(37-2)25(14-17)39-4)41-18-7-9-22-21(15-18)19-12-13-32-27-20-8-11-24(38-3)29(40-5)26(20)31(36)34(22)28(19)27/h16-29,32H,6-15H2,1-5H3,(H,33,35)/p+1. The highest BCUT2D eigenvalue weighted by atomic mass is 16.5. The predicted molar refractivity (Wildman–Crippen MR) is 150 cm³/mol. The van der Waals surface area contributed by atoms with Crippen LogP contribution in [0.25, 0.3) is 0 Å². The first-order chi connectivity index (χ1) is 19.9. The molecule has 14 unspecified atom stereocenters. The minimum absolute atomic E-state index is 0.00545. The van der Waals surface area contributed by atoms with E-state index in [9.17, 15) is 9.59 Å². The van der Waals surface area contributed by atoms with Crippen LogP contribution in [0.1, 0.15) is 64.7 Å². The summed E-state index contributed by atoms with van der Waals surface area (Å²) in [5, 5.41) is 5.74. The van der Waals surface area contributed by atoms with E-state index in [1.165, 1.54) is 0 Å². The first kappa shape index (κ1) is 29.8. The summed E-state index contributed by atoms with van der Waals surface area (Å²) in [7, 11) is 6.91. The number of carbonyl (C=O) groups excluding carboxylic acids is 2. The molecule has 232 valence electrons. The zero-order chi connectivity index (χ0) is 28.8. The van der Waals surface area contributed by atoms with E-state index < -0.39 is 6.10 Å². The van der Waals surface area contributed by atoms with Gasteiger partial charge in [0.1, 0.15) is 12.1 Å². The summed E-state index contributed by atoms with van der Waals surface area (Å²) in [4.78, 5) is 29.7. The van der Waals surface area contributed by atoms with Crippen molar-refractivity contribution in [1.82, 2.24) is 10.2 Å². The highest BCUT2D eigenvalue weighted by molar-refractivity contribution is 5.83. The summed E-state index contributed by atoms with van der Waals surface area (Å²) in [5.41, 5.74) is 0. The molecule has 3 N–H and O–H groups in total. The van der Waals surface area contributed by atoms with Crippen molar-refractivity contribution < 1.29 is 38.6 Å². The van der Waals surface area contributed by atoms with E-state index >= 15 is 0 Å². The second kappa shape index (κ2) is 12.4. The molecule has 6 fully saturated rings. The quantitative estimate of drug-likeness (QED) is 0.440. The minimum Gasteiger partial charge on any atom is -0.379 e. The fraction of sp³-hybridized carbons (Fsp3) is 0.935. The monoisotopic (exact) mass is 578 g/mol. The third-order valence-corrected chi connectivity index (χ3v) is 11.8. The lowest BCUT2D eigenvalue weighted by atomic mass is 9.64. The SMILES string of the molecule is COC1CCC(NC(=O)C(C)OC2CCC3C(C2)C2CC[NH2+]C4C5CCC(OC)C(OC)C5C(=O)N3C24)CC1OC. The van der Waals surface area contributed by atoms with Crippen molar-refractivity contribution in [1.29, 1.82) is 0 Å². The van der Waals surface area contributed by atoms with Crippen LogP contribution in [0.2, 0.25) is 0 Å². The maximum Gasteiger partial charge on any atom is 0.249 e. The normalized spacial score (nSPS) is 46.3. The van der Waals surface area contributed by atoms with Gasteiger partial charge in [0, 0.05) is 52.9 Å². The molecule has 0 aromatic carbocycles. The van der Waals surface area contributed by atoms with Crippen molar-refractivity contribution in [3.63, 3.8) is 0 Å².